The summed E-state index contributed by atoms with van der Waals surface area (Å²) in [5.41, 5.74) is 0. The van der Waals surface area contributed by atoms with Gasteiger partial charge in [-0.15, -0.1) is 0 Å². The van der Waals surface area contributed by atoms with Crippen molar-refractivity contribution in [1.82, 2.24) is 5.32 Å². The molecule has 0 aliphatic carbocycles. The van der Waals surface area contributed by atoms with E-state index < -0.39 is 20.0 Å². The number of aliphatic hydroxyl groups is 1. The zero-order chi connectivity index (χ0) is 26.6. The number of carbonyl (C=O) groups is 1. The van der Waals surface area contributed by atoms with Crippen LogP contribution in [0.3, 0.4) is 0 Å². The molecule has 3 N–H and O–H groups in total. The number of likely N-dealkylation sites (N-methyl/N-ethyl adjacent to an activating group) is 1. The Morgan fingerprint density at radius 1 is 0.857 bits per heavy atom. The fraction of sp³-hybridized carbons (Fsp3) is 0.962. The fourth-order valence-corrected chi connectivity index (χ4v) is 4.51. The highest BCUT2D eigenvalue weighted by atomic mass is 31.2. The number of nitrogens with one attached hydrogen (secondary N) is 1. The highest BCUT2D eigenvalue weighted by molar-refractivity contribution is 7.47. The van der Waals surface area contributed by atoms with Gasteiger partial charge in [-0.25, -0.2) is 4.57 Å². The molecule has 1 amide bonds. The third-order valence-electron chi connectivity index (χ3n) is 6.17. The minimum atomic E-state index is -4.26. The van der Waals surface area contributed by atoms with Crippen LogP contribution in [0.2, 0.25) is 0 Å². The quantitative estimate of drug-likeness (QED) is 0.0869. The Kier molecular flexibility index (Phi) is 20.3. The molecular weight excluding hydrogens is 467 g/mol. The lowest BCUT2D eigenvalue weighted by atomic mass is 10.0. The number of amides is 1. The van der Waals surface area contributed by atoms with E-state index in [0.717, 1.165) is 19.3 Å². The molecule has 0 aromatic rings. The van der Waals surface area contributed by atoms with E-state index in [0.29, 0.717) is 17.4 Å². The van der Waals surface area contributed by atoms with E-state index in [4.69, 9.17) is 9.05 Å². The first-order valence-electron chi connectivity index (χ1n) is 13.9. The van der Waals surface area contributed by atoms with Crippen LogP contribution in [0, 0.1) is 0 Å². The largest absolute Gasteiger partial charge is 0.472 e. The Morgan fingerprint density at radius 3 is 1.80 bits per heavy atom. The molecule has 0 aliphatic rings. The molecule has 3 unspecified atom stereocenters. The Balaban J connectivity index is 4.14. The molecule has 0 aliphatic heterocycles. The molecule has 0 saturated carbocycles. The summed E-state index contributed by atoms with van der Waals surface area (Å²) in [6.07, 6.45) is 16.2. The molecule has 0 rings (SSSR count). The van der Waals surface area contributed by atoms with Gasteiger partial charge in [-0.2, -0.15) is 0 Å². The molecule has 0 aromatic carbocycles. The van der Waals surface area contributed by atoms with Crippen LogP contribution in [-0.4, -0.2) is 73.4 Å². The number of unbranched alkanes of at least 4 members (excludes halogenated alkanes) is 12. The second kappa shape index (κ2) is 20.5. The third-order valence-corrected chi connectivity index (χ3v) is 7.15. The van der Waals surface area contributed by atoms with Crippen LogP contribution in [0.4, 0.5) is 0 Å². The van der Waals surface area contributed by atoms with Gasteiger partial charge in [-0.3, -0.25) is 13.8 Å². The monoisotopic (exact) mass is 523 g/mol. The predicted octanol–water partition coefficient (Wildman–Crippen LogP) is 5.56. The zero-order valence-corrected chi connectivity index (χ0v) is 24.2. The standard InChI is InChI=1S/C26H55N2O6P/c1-6-8-9-10-11-12-13-14-15-16-17-18-19-20-25(29)24(27-26(30)7-2)23-34-35(31,32)33-22-21-28(3,4)5/h24-25,29H,6-23H2,1-5H3,(H-,27,30,31,32)/p+1. The number of carbonyl (C=O) groups excluding carboxylic acids is 1. The van der Waals surface area contributed by atoms with Crippen LogP contribution >= 0.6 is 7.82 Å². The van der Waals surface area contributed by atoms with E-state index in [1.165, 1.54) is 64.2 Å². The van der Waals surface area contributed by atoms with E-state index >= 15 is 0 Å². The molecule has 0 heterocycles. The van der Waals surface area contributed by atoms with Crippen molar-refractivity contribution in [2.45, 2.75) is 122 Å². The molecular formula is C26H56N2O6P+. The van der Waals surface area contributed by atoms with Gasteiger partial charge in [0.05, 0.1) is 39.9 Å². The van der Waals surface area contributed by atoms with Gasteiger partial charge in [0.2, 0.25) is 5.91 Å². The van der Waals surface area contributed by atoms with Crippen molar-refractivity contribution in [2.24, 2.45) is 0 Å². The Labute approximate surface area is 215 Å². The number of hydrogen-bond acceptors (Lipinski definition) is 5. The van der Waals surface area contributed by atoms with Crippen LogP contribution in [0.5, 0.6) is 0 Å². The van der Waals surface area contributed by atoms with Crippen molar-refractivity contribution < 1.29 is 32.9 Å². The molecule has 0 saturated heterocycles. The maximum Gasteiger partial charge on any atom is 0.472 e. The van der Waals surface area contributed by atoms with Crippen molar-refractivity contribution in [2.75, 3.05) is 40.9 Å². The lowest BCUT2D eigenvalue weighted by molar-refractivity contribution is -0.870. The van der Waals surface area contributed by atoms with E-state index in [2.05, 4.69) is 12.2 Å². The van der Waals surface area contributed by atoms with Gasteiger partial charge in [-0.05, 0) is 6.42 Å². The van der Waals surface area contributed by atoms with Gasteiger partial charge in [-0.1, -0.05) is 97.3 Å². The zero-order valence-electron chi connectivity index (χ0n) is 23.3. The van der Waals surface area contributed by atoms with Crippen molar-refractivity contribution in [3.63, 3.8) is 0 Å². The molecule has 3 atom stereocenters. The molecule has 0 spiro atoms. The molecule has 8 nitrogen and oxygen atoms in total. The van der Waals surface area contributed by atoms with Crippen LogP contribution in [0.1, 0.15) is 110 Å². The van der Waals surface area contributed by atoms with Gasteiger partial charge in [0.25, 0.3) is 0 Å². The molecule has 210 valence electrons. The smallest absolute Gasteiger partial charge is 0.391 e. The number of rotatable bonds is 24. The lowest BCUT2D eigenvalue weighted by Gasteiger charge is -2.26. The summed E-state index contributed by atoms with van der Waals surface area (Å²) in [7, 11) is 1.61. The first-order chi connectivity index (χ1) is 16.5. The summed E-state index contributed by atoms with van der Waals surface area (Å²) in [5.74, 6) is -0.235. The number of aliphatic hydroxyl groups excluding tert-OH is 1. The Hall–Kier alpha value is -0.500. The van der Waals surface area contributed by atoms with E-state index in [1.807, 2.05) is 21.1 Å². The van der Waals surface area contributed by atoms with Crippen molar-refractivity contribution >= 4 is 13.7 Å². The molecule has 35 heavy (non-hydrogen) atoms. The number of phosphoric ester groups is 1. The van der Waals surface area contributed by atoms with Gasteiger partial charge < -0.3 is 19.8 Å². The predicted molar refractivity (Wildman–Crippen MR) is 143 cm³/mol. The highest BCUT2D eigenvalue weighted by Gasteiger charge is 2.28. The van der Waals surface area contributed by atoms with E-state index in [9.17, 15) is 19.4 Å². The Morgan fingerprint density at radius 2 is 1.34 bits per heavy atom. The first-order valence-corrected chi connectivity index (χ1v) is 15.4. The maximum atomic E-state index is 12.2. The van der Waals surface area contributed by atoms with Crippen LogP contribution in [-0.2, 0) is 18.4 Å². The average Bonchev–Trinajstić information content (AvgIpc) is 2.78. The second-order valence-corrected chi connectivity index (χ2v) is 12.2. The first kappa shape index (κ1) is 34.5. The van der Waals surface area contributed by atoms with E-state index in [-0.39, 0.29) is 25.5 Å². The van der Waals surface area contributed by atoms with Gasteiger partial charge >= 0.3 is 7.82 Å². The summed E-state index contributed by atoms with van der Waals surface area (Å²) >= 11 is 0. The lowest BCUT2D eigenvalue weighted by Crippen LogP contribution is -2.46. The number of nitrogens with zero attached hydrogens (tertiary/aromatic N) is 1. The maximum absolute atomic E-state index is 12.2. The molecule has 0 radical (unpaired) electrons. The summed E-state index contributed by atoms with van der Waals surface area (Å²) in [4.78, 5) is 21.8. The fourth-order valence-electron chi connectivity index (χ4n) is 3.77. The summed E-state index contributed by atoms with van der Waals surface area (Å²) in [6, 6.07) is -0.748. The molecule has 0 bridgehead atoms. The van der Waals surface area contributed by atoms with Crippen LogP contribution in [0.25, 0.3) is 0 Å². The van der Waals surface area contributed by atoms with Crippen molar-refractivity contribution in [1.29, 1.82) is 0 Å². The average molecular weight is 524 g/mol. The minimum absolute atomic E-state index is 0.0742. The summed E-state index contributed by atoms with van der Waals surface area (Å²) in [6.45, 7) is 4.32. The van der Waals surface area contributed by atoms with Crippen LogP contribution < -0.4 is 5.32 Å². The topological polar surface area (TPSA) is 105 Å². The Bertz CT molecular complexity index is 571. The van der Waals surface area contributed by atoms with Gasteiger partial charge in [0, 0.05) is 6.42 Å². The number of quaternary nitrogens is 1. The summed E-state index contributed by atoms with van der Waals surface area (Å²) < 4.78 is 22.9. The number of phosphoric acid groups is 1. The summed E-state index contributed by atoms with van der Waals surface area (Å²) in [5, 5.41) is 13.3. The molecule has 9 heteroatoms. The van der Waals surface area contributed by atoms with Crippen LogP contribution in [0.15, 0.2) is 0 Å². The molecule has 0 fully saturated rings. The minimum Gasteiger partial charge on any atom is -0.391 e. The normalized spacial score (nSPS) is 15.5. The third kappa shape index (κ3) is 22.4. The molecule has 0 aromatic heterocycles. The highest BCUT2D eigenvalue weighted by Crippen LogP contribution is 2.43. The van der Waals surface area contributed by atoms with Gasteiger partial charge in [0.1, 0.15) is 13.2 Å². The number of hydrogen-bond donors (Lipinski definition) is 3. The van der Waals surface area contributed by atoms with Gasteiger partial charge in [0.15, 0.2) is 0 Å². The van der Waals surface area contributed by atoms with Crippen molar-refractivity contribution in [3.05, 3.63) is 0 Å². The second-order valence-electron chi connectivity index (χ2n) is 10.7. The van der Waals surface area contributed by atoms with E-state index in [1.54, 1.807) is 6.92 Å². The van der Waals surface area contributed by atoms with Crippen molar-refractivity contribution in [3.8, 4) is 0 Å². The SMILES string of the molecule is CCCCCCCCCCCCCCCC(O)C(COP(=O)(O)OCC[N+](C)(C)C)NC(=O)CC.